The second kappa shape index (κ2) is 8.42. The third-order valence-corrected chi connectivity index (χ3v) is 1.55. The zero-order valence-electron chi connectivity index (χ0n) is 9.00. The fourth-order valence-corrected chi connectivity index (χ4v) is 0.759. The summed E-state index contributed by atoms with van der Waals surface area (Å²) in [5.74, 6) is -2.55. The Morgan fingerprint density at radius 1 is 1.21 bits per heavy atom. The molecule has 0 aromatic heterocycles. The summed E-state index contributed by atoms with van der Waals surface area (Å²) in [5, 5.41) is 8.84. The molecule has 0 amide bonds. The van der Waals surface area contributed by atoms with Crippen molar-refractivity contribution in [2.45, 2.75) is 39.4 Å². The minimum atomic E-state index is -1.48. The number of carboxylic acids is 1. The van der Waals surface area contributed by atoms with Gasteiger partial charge >= 0.3 is 5.97 Å². The maximum absolute atomic E-state index is 10.8. The maximum atomic E-state index is 10.8. The maximum Gasteiger partial charge on any atom is 0.364 e. The summed E-state index contributed by atoms with van der Waals surface area (Å²) in [6.07, 6.45) is 1.55. The van der Waals surface area contributed by atoms with E-state index in [2.05, 4.69) is 0 Å². The molecule has 0 aliphatic rings. The van der Waals surface area contributed by atoms with Crippen molar-refractivity contribution in [3.05, 3.63) is 0 Å². The SMILES string of the molecule is CCCOC(C)(OCCC)C(=O)O.[Ti]. The molecule has 0 spiro atoms. The van der Waals surface area contributed by atoms with E-state index in [9.17, 15) is 4.79 Å². The van der Waals surface area contributed by atoms with Crippen LogP contribution < -0.4 is 0 Å². The molecule has 0 atom stereocenters. The van der Waals surface area contributed by atoms with Gasteiger partial charge in [-0.1, -0.05) is 13.8 Å². The summed E-state index contributed by atoms with van der Waals surface area (Å²) in [4.78, 5) is 10.8. The molecule has 5 heteroatoms. The molecule has 0 aromatic carbocycles. The summed E-state index contributed by atoms with van der Waals surface area (Å²) in [6, 6.07) is 0. The molecule has 0 radical (unpaired) electrons. The molecule has 0 aliphatic carbocycles. The molecule has 0 aliphatic heterocycles. The normalized spacial score (nSPS) is 10.8. The molecule has 0 saturated carbocycles. The average molecular weight is 238 g/mol. The van der Waals surface area contributed by atoms with Gasteiger partial charge in [0.1, 0.15) is 0 Å². The number of hydrogen-bond acceptors (Lipinski definition) is 3. The third kappa shape index (κ3) is 5.75. The fraction of sp³-hybridized carbons (Fsp3) is 0.889. The van der Waals surface area contributed by atoms with E-state index >= 15 is 0 Å². The molecule has 0 heterocycles. The second-order valence-electron chi connectivity index (χ2n) is 2.95. The monoisotopic (exact) mass is 238 g/mol. The molecule has 14 heavy (non-hydrogen) atoms. The molecule has 0 rings (SSSR count). The van der Waals surface area contributed by atoms with Gasteiger partial charge in [0, 0.05) is 28.6 Å². The summed E-state index contributed by atoms with van der Waals surface area (Å²) in [7, 11) is 0. The van der Waals surface area contributed by atoms with Gasteiger partial charge < -0.3 is 14.6 Å². The Balaban J connectivity index is 0. The van der Waals surface area contributed by atoms with Crippen LogP contribution in [-0.2, 0) is 36.0 Å². The fourth-order valence-electron chi connectivity index (χ4n) is 0.759. The first kappa shape index (κ1) is 16.5. The van der Waals surface area contributed by atoms with Gasteiger partial charge in [-0.2, -0.15) is 0 Å². The zero-order chi connectivity index (χ0) is 10.3. The van der Waals surface area contributed by atoms with Gasteiger partial charge in [0.25, 0.3) is 5.79 Å². The van der Waals surface area contributed by atoms with Gasteiger partial charge in [-0.3, -0.25) is 0 Å². The molecule has 1 N–H and O–H groups in total. The van der Waals surface area contributed by atoms with Gasteiger partial charge in [-0.25, -0.2) is 4.79 Å². The van der Waals surface area contributed by atoms with Crippen LogP contribution in [0, 0.1) is 0 Å². The van der Waals surface area contributed by atoms with Crippen LogP contribution in [0.1, 0.15) is 33.6 Å². The summed E-state index contributed by atoms with van der Waals surface area (Å²) in [5.41, 5.74) is 0. The molecule has 0 bridgehead atoms. The van der Waals surface area contributed by atoms with Crippen molar-refractivity contribution < 1.29 is 41.1 Å². The Labute approximate surface area is 99.8 Å². The molecule has 0 aromatic rings. The average Bonchev–Trinajstić information content (AvgIpc) is 2.11. The van der Waals surface area contributed by atoms with Crippen LogP contribution in [0.25, 0.3) is 0 Å². The summed E-state index contributed by atoms with van der Waals surface area (Å²) < 4.78 is 10.2. The number of ether oxygens (including phenoxy) is 2. The minimum Gasteiger partial charge on any atom is -0.477 e. The van der Waals surface area contributed by atoms with Crippen molar-refractivity contribution in [2.75, 3.05) is 13.2 Å². The van der Waals surface area contributed by atoms with Crippen LogP contribution in [0.15, 0.2) is 0 Å². The standard InChI is InChI=1S/C9H18O4.Ti/c1-4-6-12-9(3,8(10)11)13-7-5-2;/h4-7H2,1-3H3,(H,10,11);. The number of aliphatic carboxylic acids is 1. The van der Waals surface area contributed by atoms with E-state index in [1.807, 2.05) is 13.8 Å². The van der Waals surface area contributed by atoms with Gasteiger partial charge in [0.2, 0.25) is 0 Å². The zero-order valence-corrected chi connectivity index (χ0v) is 10.6. The summed E-state index contributed by atoms with van der Waals surface area (Å²) in [6.45, 7) is 6.06. The van der Waals surface area contributed by atoms with E-state index in [1.54, 1.807) is 0 Å². The van der Waals surface area contributed by atoms with E-state index in [0.717, 1.165) is 12.8 Å². The molecule has 0 fully saturated rings. The minimum absolute atomic E-state index is 0. The van der Waals surface area contributed by atoms with Crippen molar-refractivity contribution in [1.29, 1.82) is 0 Å². The Morgan fingerprint density at radius 2 is 1.57 bits per heavy atom. The largest absolute Gasteiger partial charge is 0.477 e. The van der Waals surface area contributed by atoms with Crippen LogP contribution in [0.3, 0.4) is 0 Å². The quantitative estimate of drug-likeness (QED) is 0.541. The van der Waals surface area contributed by atoms with E-state index in [-0.39, 0.29) is 21.7 Å². The first-order valence-electron chi connectivity index (χ1n) is 4.58. The van der Waals surface area contributed by atoms with E-state index in [1.165, 1.54) is 6.92 Å². The van der Waals surface area contributed by atoms with Gasteiger partial charge in [0.05, 0.1) is 13.2 Å². The second-order valence-corrected chi connectivity index (χ2v) is 2.95. The predicted molar refractivity (Wildman–Crippen MR) is 48.5 cm³/mol. The Bertz CT molecular complexity index is 153. The van der Waals surface area contributed by atoms with Crippen LogP contribution in [0.4, 0.5) is 0 Å². The first-order chi connectivity index (χ1) is 6.06. The Hall–Kier alpha value is 0.104. The number of hydrogen-bond donors (Lipinski definition) is 1. The molecule has 4 nitrogen and oxygen atoms in total. The van der Waals surface area contributed by atoms with E-state index < -0.39 is 11.8 Å². The summed E-state index contributed by atoms with van der Waals surface area (Å²) >= 11 is 0. The van der Waals surface area contributed by atoms with Gasteiger partial charge in [-0.05, 0) is 12.8 Å². The molecule has 82 valence electrons. The van der Waals surface area contributed by atoms with Crippen LogP contribution >= 0.6 is 0 Å². The van der Waals surface area contributed by atoms with Gasteiger partial charge in [0.15, 0.2) is 0 Å². The molecule has 0 saturated heterocycles. The van der Waals surface area contributed by atoms with E-state index in [0.29, 0.717) is 13.2 Å². The smallest absolute Gasteiger partial charge is 0.364 e. The van der Waals surface area contributed by atoms with E-state index in [4.69, 9.17) is 14.6 Å². The number of carbonyl (C=O) groups is 1. The van der Waals surface area contributed by atoms with Crippen molar-refractivity contribution in [3.8, 4) is 0 Å². The number of rotatable bonds is 7. The molecule has 0 unspecified atom stereocenters. The van der Waals surface area contributed by atoms with Crippen LogP contribution in [0.2, 0.25) is 0 Å². The van der Waals surface area contributed by atoms with Crippen LogP contribution in [0.5, 0.6) is 0 Å². The number of carboxylic acid groups (broad SMARTS) is 1. The van der Waals surface area contributed by atoms with Gasteiger partial charge in [-0.15, -0.1) is 0 Å². The third-order valence-electron chi connectivity index (χ3n) is 1.55. The predicted octanol–water partition coefficient (Wildman–Crippen LogP) is 1.64. The first-order valence-corrected chi connectivity index (χ1v) is 4.58. The van der Waals surface area contributed by atoms with Crippen molar-refractivity contribution in [2.24, 2.45) is 0 Å². The molecular formula is C9H18O4Ti. The molecular weight excluding hydrogens is 220 g/mol. The Kier molecular flexibility index (Phi) is 9.94. The van der Waals surface area contributed by atoms with Crippen molar-refractivity contribution >= 4 is 5.97 Å². The Morgan fingerprint density at radius 3 is 1.79 bits per heavy atom. The van der Waals surface area contributed by atoms with Crippen molar-refractivity contribution in [1.82, 2.24) is 0 Å². The topological polar surface area (TPSA) is 55.8 Å². The van der Waals surface area contributed by atoms with Crippen LogP contribution in [-0.4, -0.2) is 30.1 Å². The van der Waals surface area contributed by atoms with Crippen molar-refractivity contribution in [3.63, 3.8) is 0 Å².